The van der Waals surface area contributed by atoms with E-state index in [-0.39, 0.29) is 0 Å². The van der Waals surface area contributed by atoms with E-state index in [2.05, 4.69) is 17.6 Å². The van der Waals surface area contributed by atoms with E-state index < -0.39 is 0 Å². The molecule has 0 aliphatic heterocycles. The Bertz CT molecular complexity index is 68.0. The Morgan fingerprint density at radius 3 is 2.27 bits per heavy atom. The van der Waals surface area contributed by atoms with Crippen molar-refractivity contribution < 1.29 is 0 Å². The van der Waals surface area contributed by atoms with E-state index in [0.717, 1.165) is 19.0 Å². The zero-order valence-electron chi connectivity index (χ0n) is 8.11. The lowest BCUT2D eigenvalue weighted by atomic mass is 10.00. The molecule has 1 atom stereocenters. The fourth-order valence-corrected chi connectivity index (χ4v) is 1.39. The van der Waals surface area contributed by atoms with Crippen LogP contribution in [0.4, 0.5) is 0 Å². The molecule has 0 amide bonds. The highest BCUT2D eigenvalue weighted by atomic mass is 14.8. The average Bonchev–Trinajstić information content (AvgIpc) is 2.01. The van der Waals surface area contributed by atoms with Crippen molar-refractivity contribution in [2.24, 2.45) is 5.92 Å². The van der Waals surface area contributed by atoms with Gasteiger partial charge in [0.05, 0.1) is 0 Å². The molecule has 1 unspecified atom stereocenters. The van der Waals surface area contributed by atoms with E-state index in [0.29, 0.717) is 0 Å². The lowest BCUT2D eigenvalue weighted by Crippen LogP contribution is -2.22. The molecule has 2 heteroatoms. The Hall–Kier alpha value is -0.0800. The summed E-state index contributed by atoms with van der Waals surface area (Å²) < 4.78 is 0. The summed E-state index contributed by atoms with van der Waals surface area (Å²) >= 11 is 0. The first-order chi connectivity index (χ1) is 5.35. The molecule has 0 rings (SSSR count). The second-order valence-corrected chi connectivity index (χ2v) is 3.10. The third-order valence-electron chi connectivity index (χ3n) is 1.99. The van der Waals surface area contributed by atoms with Crippen LogP contribution in [-0.2, 0) is 0 Å². The van der Waals surface area contributed by atoms with Gasteiger partial charge in [0.1, 0.15) is 0 Å². The van der Waals surface area contributed by atoms with Crippen molar-refractivity contribution in [1.29, 1.82) is 0 Å². The van der Waals surface area contributed by atoms with Crippen molar-refractivity contribution in [3.05, 3.63) is 0 Å². The number of hydrogen-bond acceptors (Lipinski definition) is 2. The second-order valence-electron chi connectivity index (χ2n) is 3.10. The van der Waals surface area contributed by atoms with E-state index in [9.17, 15) is 0 Å². The Kier molecular flexibility index (Phi) is 7.96. The first-order valence-electron chi connectivity index (χ1n) is 4.64. The van der Waals surface area contributed by atoms with E-state index in [1.807, 2.05) is 14.1 Å². The molecular formula is C9H22N2. The molecule has 0 saturated carbocycles. The first-order valence-corrected chi connectivity index (χ1v) is 4.64. The number of hydrogen-bond donors (Lipinski definition) is 2. The molecule has 0 aliphatic carbocycles. The fourth-order valence-electron chi connectivity index (χ4n) is 1.39. The molecule has 0 spiro atoms. The van der Waals surface area contributed by atoms with Crippen molar-refractivity contribution in [2.45, 2.75) is 26.2 Å². The van der Waals surface area contributed by atoms with Crippen molar-refractivity contribution in [3.63, 3.8) is 0 Å². The normalized spacial score (nSPS) is 13.4. The van der Waals surface area contributed by atoms with Crippen LogP contribution in [0.3, 0.4) is 0 Å². The summed E-state index contributed by atoms with van der Waals surface area (Å²) in [6, 6.07) is 0. The molecule has 0 aliphatic rings. The predicted molar refractivity (Wildman–Crippen MR) is 50.9 cm³/mol. The van der Waals surface area contributed by atoms with E-state index in [4.69, 9.17) is 0 Å². The predicted octanol–water partition coefficient (Wildman–Crippen LogP) is 1.23. The van der Waals surface area contributed by atoms with Crippen LogP contribution in [0.15, 0.2) is 0 Å². The summed E-state index contributed by atoms with van der Waals surface area (Å²) in [5.74, 6) is 0.859. The van der Waals surface area contributed by atoms with Crippen LogP contribution in [0, 0.1) is 5.92 Å². The Morgan fingerprint density at radius 1 is 1.09 bits per heavy atom. The summed E-state index contributed by atoms with van der Waals surface area (Å²) in [6.07, 6.45) is 3.95. The molecule has 0 saturated heterocycles. The van der Waals surface area contributed by atoms with Gasteiger partial charge >= 0.3 is 0 Å². The molecule has 0 aromatic rings. The van der Waals surface area contributed by atoms with Gasteiger partial charge in [-0.1, -0.05) is 13.3 Å². The highest BCUT2D eigenvalue weighted by Gasteiger charge is 2.04. The van der Waals surface area contributed by atoms with Crippen molar-refractivity contribution in [1.82, 2.24) is 10.6 Å². The van der Waals surface area contributed by atoms with E-state index in [1.165, 1.54) is 19.3 Å². The average molecular weight is 158 g/mol. The molecule has 11 heavy (non-hydrogen) atoms. The van der Waals surface area contributed by atoms with Gasteiger partial charge in [-0.2, -0.15) is 0 Å². The third-order valence-corrected chi connectivity index (χ3v) is 1.99. The van der Waals surface area contributed by atoms with Gasteiger partial charge in [0.2, 0.25) is 0 Å². The highest BCUT2D eigenvalue weighted by Crippen LogP contribution is 2.08. The Morgan fingerprint density at radius 2 is 1.82 bits per heavy atom. The number of rotatable bonds is 7. The first kappa shape index (κ1) is 10.9. The summed E-state index contributed by atoms with van der Waals surface area (Å²) in [7, 11) is 4.05. The minimum Gasteiger partial charge on any atom is -0.320 e. The zero-order chi connectivity index (χ0) is 8.53. The van der Waals surface area contributed by atoms with Gasteiger partial charge < -0.3 is 10.6 Å². The van der Waals surface area contributed by atoms with Gasteiger partial charge in [0, 0.05) is 0 Å². The van der Waals surface area contributed by atoms with Crippen LogP contribution >= 0.6 is 0 Å². The molecule has 0 fully saturated rings. The SMILES string of the molecule is CCCC(CCNC)CNC. The molecule has 0 heterocycles. The van der Waals surface area contributed by atoms with Crippen LogP contribution in [0.25, 0.3) is 0 Å². The van der Waals surface area contributed by atoms with Crippen molar-refractivity contribution in [3.8, 4) is 0 Å². The topological polar surface area (TPSA) is 24.1 Å². The van der Waals surface area contributed by atoms with Gasteiger partial charge in [0.15, 0.2) is 0 Å². The van der Waals surface area contributed by atoms with Gasteiger partial charge in [0.25, 0.3) is 0 Å². The molecule has 68 valence electrons. The maximum atomic E-state index is 3.23. The molecule has 0 aromatic heterocycles. The molecule has 2 nitrogen and oxygen atoms in total. The Balaban J connectivity index is 3.34. The summed E-state index contributed by atoms with van der Waals surface area (Å²) in [5, 5.41) is 6.42. The lowest BCUT2D eigenvalue weighted by molar-refractivity contribution is 0.422. The monoisotopic (exact) mass is 158 g/mol. The second kappa shape index (κ2) is 8.02. The Labute approximate surface area is 70.8 Å². The molecule has 2 N–H and O–H groups in total. The smallest absolute Gasteiger partial charge is 0.00230 e. The van der Waals surface area contributed by atoms with Gasteiger partial charge in [-0.15, -0.1) is 0 Å². The summed E-state index contributed by atoms with van der Waals surface area (Å²) in [6.45, 7) is 4.56. The highest BCUT2D eigenvalue weighted by molar-refractivity contribution is 4.61. The van der Waals surface area contributed by atoms with Crippen molar-refractivity contribution in [2.75, 3.05) is 27.2 Å². The largest absolute Gasteiger partial charge is 0.320 e. The minimum atomic E-state index is 0.859. The summed E-state index contributed by atoms with van der Waals surface area (Å²) in [5.41, 5.74) is 0. The fraction of sp³-hybridized carbons (Fsp3) is 1.00. The van der Waals surface area contributed by atoms with E-state index in [1.54, 1.807) is 0 Å². The molecule has 0 bridgehead atoms. The molecule has 0 radical (unpaired) electrons. The van der Waals surface area contributed by atoms with Crippen LogP contribution in [0.2, 0.25) is 0 Å². The standard InChI is InChI=1S/C9H22N2/c1-4-5-9(8-11-3)6-7-10-2/h9-11H,4-8H2,1-3H3. The molecular weight excluding hydrogens is 136 g/mol. The van der Waals surface area contributed by atoms with E-state index >= 15 is 0 Å². The van der Waals surface area contributed by atoms with Crippen LogP contribution in [-0.4, -0.2) is 27.2 Å². The quantitative estimate of drug-likeness (QED) is 0.582. The zero-order valence-corrected chi connectivity index (χ0v) is 8.11. The molecule has 0 aromatic carbocycles. The summed E-state index contributed by atoms with van der Waals surface area (Å²) in [4.78, 5) is 0. The minimum absolute atomic E-state index is 0.859. The third kappa shape index (κ3) is 6.32. The number of nitrogens with one attached hydrogen (secondary N) is 2. The van der Waals surface area contributed by atoms with Crippen LogP contribution in [0.1, 0.15) is 26.2 Å². The van der Waals surface area contributed by atoms with Gasteiger partial charge in [-0.05, 0) is 45.9 Å². The maximum absolute atomic E-state index is 3.23. The lowest BCUT2D eigenvalue weighted by Gasteiger charge is -2.14. The van der Waals surface area contributed by atoms with Gasteiger partial charge in [-0.25, -0.2) is 0 Å². The van der Waals surface area contributed by atoms with Crippen LogP contribution in [0.5, 0.6) is 0 Å². The van der Waals surface area contributed by atoms with Gasteiger partial charge in [-0.3, -0.25) is 0 Å². The maximum Gasteiger partial charge on any atom is -0.00230 e. The van der Waals surface area contributed by atoms with Crippen LogP contribution < -0.4 is 10.6 Å². The van der Waals surface area contributed by atoms with Crippen molar-refractivity contribution >= 4 is 0 Å².